The molecule has 1 aromatic carbocycles. The second-order valence-electron chi connectivity index (χ2n) is 10.5. The van der Waals surface area contributed by atoms with E-state index in [2.05, 4.69) is 5.32 Å². The third-order valence-corrected chi connectivity index (χ3v) is 8.78. The van der Waals surface area contributed by atoms with E-state index in [1.165, 1.54) is 50.3 Å². The van der Waals surface area contributed by atoms with Crippen LogP contribution in [0.3, 0.4) is 0 Å². The third-order valence-electron chi connectivity index (χ3n) is 8.78. The molecule has 6 heteroatoms. The van der Waals surface area contributed by atoms with Crippen molar-refractivity contribution in [2.45, 2.75) is 75.2 Å². The molecule has 5 saturated carbocycles. The average Bonchev–Trinajstić information content (AvgIpc) is 3.10. The number of carbonyl (C=O) groups excluding carboxylic acids is 1. The first-order valence-corrected chi connectivity index (χ1v) is 11.6. The summed E-state index contributed by atoms with van der Waals surface area (Å²) in [6, 6.07) is 4.23. The van der Waals surface area contributed by atoms with E-state index in [1.54, 1.807) is 0 Å². The first kappa shape index (κ1) is 18.9. The Morgan fingerprint density at radius 1 is 0.967 bits per heavy atom. The fourth-order valence-corrected chi connectivity index (χ4v) is 7.42. The zero-order chi connectivity index (χ0) is 20.5. The van der Waals surface area contributed by atoms with E-state index in [0.717, 1.165) is 44.1 Å². The molecule has 6 nitrogen and oxygen atoms in total. The molecular formula is C24H31NO5. The lowest BCUT2D eigenvalue weighted by atomic mass is 9.50. The molecule has 0 atom stereocenters. The highest BCUT2D eigenvalue weighted by Gasteiger charge is 2.64. The molecule has 4 bridgehead atoms. The maximum absolute atomic E-state index is 12.5. The van der Waals surface area contributed by atoms with Gasteiger partial charge in [0.15, 0.2) is 17.3 Å². The highest BCUT2D eigenvalue weighted by molar-refractivity contribution is 5.95. The second kappa shape index (κ2) is 6.60. The summed E-state index contributed by atoms with van der Waals surface area (Å²) in [5.74, 6) is 2.00. The Morgan fingerprint density at radius 2 is 1.63 bits per heavy atom. The van der Waals surface area contributed by atoms with Crippen molar-refractivity contribution in [1.82, 2.24) is 5.32 Å². The molecular weight excluding hydrogens is 382 g/mol. The van der Waals surface area contributed by atoms with Gasteiger partial charge in [-0.25, -0.2) is 0 Å². The van der Waals surface area contributed by atoms with Crippen molar-refractivity contribution in [3.63, 3.8) is 0 Å². The lowest BCUT2D eigenvalue weighted by Gasteiger charge is -2.59. The van der Waals surface area contributed by atoms with Crippen molar-refractivity contribution in [3.8, 4) is 11.5 Å². The Bertz CT molecular complexity index is 831. The minimum absolute atomic E-state index is 0.0485. The van der Waals surface area contributed by atoms with Crippen molar-refractivity contribution in [3.05, 3.63) is 23.8 Å². The number of benzene rings is 1. The van der Waals surface area contributed by atoms with Crippen LogP contribution in [0.4, 0.5) is 0 Å². The van der Waals surface area contributed by atoms with E-state index in [4.69, 9.17) is 9.47 Å². The summed E-state index contributed by atoms with van der Waals surface area (Å²) in [5.41, 5.74) is 0.305. The van der Waals surface area contributed by atoms with E-state index < -0.39 is 5.79 Å². The number of ether oxygens (including phenoxy) is 2. The van der Waals surface area contributed by atoms with E-state index in [9.17, 15) is 15.0 Å². The molecule has 3 N–H and O–H groups in total. The first-order valence-electron chi connectivity index (χ1n) is 11.6. The predicted molar refractivity (Wildman–Crippen MR) is 109 cm³/mol. The van der Waals surface area contributed by atoms with Crippen LogP contribution >= 0.6 is 0 Å². The van der Waals surface area contributed by atoms with Gasteiger partial charge in [0.2, 0.25) is 0 Å². The van der Waals surface area contributed by atoms with Crippen LogP contribution in [0.25, 0.3) is 0 Å². The number of aromatic hydroxyl groups is 2. The quantitative estimate of drug-likeness (QED) is 0.644. The average molecular weight is 414 g/mol. The van der Waals surface area contributed by atoms with E-state index in [1.807, 2.05) is 0 Å². The topological polar surface area (TPSA) is 88.0 Å². The molecule has 1 aromatic rings. The second-order valence-corrected chi connectivity index (χ2v) is 10.5. The fourth-order valence-electron chi connectivity index (χ4n) is 7.42. The normalized spacial score (nSPS) is 44.1. The summed E-state index contributed by atoms with van der Waals surface area (Å²) in [7, 11) is 0. The van der Waals surface area contributed by atoms with Crippen LogP contribution in [0.15, 0.2) is 18.2 Å². The minimum Gasteiger partial charge on any atom is -0.504 e. The molecule has 0 radical (unpaired) electrons. The van der Waals surface area contributed by atoms with Gasteiger partial charge in [-0.3, -0.25) is 4.79 Å². The molecule has 1 aliphatic heterocycles. The van der Waals surface area contributed by atoms with Gasteiger partial charge in [-0.2, -0.15) is 0 Å². The molecule has 2 spiro atoms. The van der Waals surface area contributed by atoms with Gasteiger partial charge in [-0.15, -0.1) is 0 Å². The Hall–Kier alpha value is -1.79. The van der Waals surface area contributed by atoms with Crippen LogP contribution in [-0.2, 0) is 9.47 Å². The van der Waals surface area contributed by atoms with Gasteiger partial charge in [-0.1, -0.05) is 0 Å². The number of phenols is 2. The van der Waals surface area contributed by atoms with Crippen LogP contribution in [0, 0.1) is 23.7 Å². The van der Waals surface area contributed by atoms with Gasteiger partial charge in [0.25, 0.3) is 5.91 Å². The zero-order valence-corrected chi connectivity index (χ0v) is 17.3. The summed E-state index contributed by atoms with van der Waals surface area (Å²) in [6.45, 7) is 0.756. The summed E-state index contributed by atoms with van der Waals surface area (Å²) in [4.78, 5) is 12.5. The Balaban J connectivity index is 1.09. The van der Waals surface area contributed by atoms with Gasteiger partial charge >= 0.3 is 0 Å². The predicted octanol–water partition coefficient (Wildman–Crippen LogP) is 3.71. The van der Waals surface area contributed by atoms with Crippen LogP contribution in [0.1, 0.15) is 68.1 Å². The molecule has 5 aliphatic carbocycles. The highest BCUT2D eigenvalue weighted by atomic mass is 16.8. The van der Waals surface area contributed by atoms with Crippen molar-refractivity contribution in [1.29, 1.82) is 0 Å². The van der Waals surface area contributed by atoms with Gasteiger partial charge < -0.3 is 25.0 Å². The van der Waals surface area contributed by atoms with E-state index in [-0.39, 0.29) is 29.0 Å². The summed E-state index contributed by atoms with van der Waals surface area (Å²) >= 11 is 0. The van der Waals surface area contributed by atoms with Crippen molar-refractivity contribution in [2.24, 2.45) is 23.7 Å². The SMILES string of the molecule is O=C(NC1CCC2(CC1)OCC1(O2)C2CC3CC(C2)CC1C3)c1ccc(O)c(O)c1. The Labute approximate surface area is 176 Å². The van der Waals surface area contributed by atoms with Gasteiger partial charge in [0.1, 0.15) is 5.60 Å². The molecule has 1 amide bonds. The third kappa shape index (κ3) is 2.87. The van der Waals surface area contributed by atoms with Crippen LogP contribution in [-0.4, -0.2) is 40.2 Å². The molecule has 1 saturated heterocycles. The summed E-state index contributed by atoms with van der Waals surface area (Å²) < 4.78 is 13.4. The molecule has 162 valence electrons. The molecule has 6 fully saturated rings. The number of hydrogen-bond acceptors (Lipinski definition) is 5. The maximum Gasteiger partial charge on any atom is 0.251 e. The van der Waals surface area contributed by atoms with Crippen molar-refractivity contribution >= 4 is 5.91 Å². The molecule has 0 aromatic heterocycles. The summed E-state index contributed by atoms with van der Waals surface area (Å²) in [6.07, 6.45) is 10.0. The van der Waals surface area contributed by atoms with E-state index in [0.29, 0.717) is 17.4 Å². The minimum atomic E-state index is -0.465. The van der Waals surface area contributed by atoms with E-state index >= 15 is 0 Å². The Morgan fingerprint density at radius 3 is 2.27 bits per heavy atom. The van der Waals surface area contributed by atoms with Crippen molar-refractivity contribution < 1.29 is 24.5 Å². The molecule has 6 aliphatic rings. The van der Waals surface area contributed by atoms with Gasteiger partial charge in [0.05, 0.1) is 6.61 Å². The maximum atomic E-state index is 12.5. The number of hydrogen-bond donors (Lipinski definition) is 3. The number of rotatable bonds is 2. The smallest absolute Gasteiger partial charge is 0.251 e. The number of phenolic OH excluding ortho intramolecular Hbond substituents is 2. The number of amides is 1. The standard InChI is InChI=1S/C24H31NO5/c26-20-2-1-16(12-21(20)27)22(28)25-19-3-5-23(6-4-19)29-13-24(30-23)17-8-14-7-15(10-17)11-18(24)9-14/h1-2,12,14-15,17-19,26-27H,3-11,13H2,(H,25,28). The summed E-state index contributed by atoms with van der Waals surface area (Å²) in [5, 5.41) is 22.1. The fraction of sp³-hybridized carbons (Fsp3) is 0.708. The molecule has 0 unspecified atom stereocenters. The molecule has 30 heavy (non-hydrogen) atoms. The van der Waals surface area contributed by atoms with Crippen LogP contribution < -0.4 is 5.32 Å². The zero-order valence-electron chi connectivity index (χ0n) is 17.3. The molecule has 1 heterocycles. The largest absolute Gasteiger partial charge is 0.504 e. The van der Waals surface area contributed by atoms with Crippen LogP contribution in [0.5, 0.6) is 11.5 Å². The first-order chi connectivity index (χ1) is 14.4. The number of carbonyl (C=O) groups is 1. The monoisotopic (exact) mass is 413 g/mol. The Kier molecular flexibility index (Phi) is 4.17. The lowest BCUT2D eigenvalue weighted by Crippen LogP contribution is -2.60. The highest BCUT2D eigenvalue weighted by Crippen LogP contribution is 2.63. The lowest BCUT2D eigenvalue weighted by molar-refractivity contribution is -0.252. The van der Waals surface area contributed by atoms with Crippen molar-refractivity contribution in [2.75, 3.05) is 6.61 Å². The van der Waals surface area contributed by atoms with Crippen LogP contribution in [0.2, 0.25) is 0 Å². The van der Waals surface area contributed by atoms with Gasteiger partial charge in [-0.05, 0) is 86.8 Å². The molecule has 7 rings (SSSR count). The number of nitrogens with one attached hydrogen (secondary N) is 1. The van der Waals surface area contributed by atoms with Gasteiger partial charge in [0, 0.05) is 24.4 Å².